The van der Waals surface area contributed by atoms with Gasteiger partial charge in [0.2, 0.25) is 17.8 Å². The number of nitrogens with zero attached hydrogens (tertiary/aromatic N) is 4. The lowest BCUT2D eigenvalue weighted by Gasteiger charge is -2.27. The Bertz CT molecular complexity index is 859. The summed E-state index contributed by atoms with van der Waals surface area (Å²) in [7, 11) is 0. The van der Waals surface area contributed by atoms with E-state index in [1.165, 1.54) is 30.7 Å². The number of benzene rings is 2. The van der Waals surface area contributed by atoms with Gasteiger partial charge in [0.25, 0.3) is 0 Å². The molecule has 0 bridgehead atoms. The van der Waals surface area contributed by atoms with E-state index in [9.17, 15) is 8.78 Å². The Morgan fingerprint density at radius 2 is 1.11 bits per heavy atom. The fourth-order valence-corrected chi connectivity index (χ4v) is 3.04. The molecule has 1 saturated heterocycles. The molecule has 0 unspecified atom stereocenters. The van der Waals surface area contributed by atoms with Crippen molar-refractivity contribution in [1.29, 1.82) is 0 Å². The molecular formula is C20H20F2N6. The first-order valence-corrected chi connectivity index (χ1v) is 9.22. The first kappa shape index (κ1) is 18.1. The number of halogens is 2. The van der Waals surface area contributed by atoms with Crippen molar-refractivity contribution < 1.29 is 8.78 Å². The van der Waals surface area contributed by atoms with Crippen molar-refractivity contribution >= 4 is 29.2 Å². The lowest BCUT2D eigenvalue weighted by Crippen LogP contribution is -2.31. The minimum absolute atomic E-state index is 0.311. The Morgan fingerprint density at radius 3 is 1.57 bits per heavy atom. The van der Waals surface area contributed by atoms with Crippen LogP contribution in [0.3, 0.4) is 0 Å². The molecule has 4 rings (SSSR count). The van der Waals surface area contributed by atoms with E-state index >= 15 is 0 Å². The Hall–Kier alpha value is -3.29. The summed E-state index contributed by atoms with van der Waals surface area (Å²) >= 11 is 0. The quantitative estimate of drug-likeness (QED) is 0.671. The molecule has 3 aromatic rings. The summed E-state index contributed by atoms with van der Waals surface area (Å²) in [6.45, 7) is 1.77. The molecule has 0 spiro atoms. The molecule has 1 aliphatic rings. The lowest BCUT2D eigenvalue weighted by molar-refractivity contribution is 0.568. The van der Waals surface area contributed by atoms with E-state index < -0.39 is 0 Å². The summed E-state index contributed by atoms with van der Waals surface area (Å²) in [5.74, 6) is 0.658. The van der Waals surface area contributed by atoms with Crippen molar-refractivity contribution in [3.63, 3.8) is 0 Å². The molecule has 28 heavy (non-hydrogen) atoms. The molecule has 144 valence electrons. The number of aromatic nitrogens is 3. The van der Waals surface area contributed by atoms with Gasteiger partial charge in [0.1, 0.15) is 11.6 Å². The Labute approximate surface area is 161 Å². The average molecular weight is 382 g/mol. The summed E-state index contributed by atoms with van der Waals surface area (Å²) < 4.78 is 26.3. The van der Waals surface area contributed by atoms with E-state index in [0.29, 0.717) is 29.2 Å². The van der Waals surface area contributed by atoms with Crippen LogP contribution in [0.4, 0.5) is 38.0 Å². The van der Waals surface area contributed by atoms with Gasteiger partial charge in [-0.05, 0) is 67.8 Å². The predicted octanol–water partition coefficient (Wildman–Crippen LogP) is 4.63. The molecule has 1 fully saturated rings. The summed E-state index contributed by atoms with van der Waals surface area (Å²) in [6.07, 6.45) is 3.38. The van der Waals surface area contributed by atoms with Crippen LogP contribution in [0.5, 0.6) is 0 Å². The molecule has 0 radical (unpaired) electrons. The highest BCUT2D eigenvalue weighted by Crippen LogP contribution is 2.22. The van der Waals surface area contributed by atoms with Gasteiger partial charge in [-0.15, -0.1) is 0 Å². The third-order valence-corrected chi connectivity index (χ3v) is 4.46. The van der Waals surface area contributed by atoms with Crippen molar-refractivity contribution in [3.8, 4) is 0 Å². The van der Waals surface area contributed by atoms with Crippen LogP contribution in [0.15, 0.2) is 48.5 Å². The lowest BCUT2D eigenvalue weighted by atomic mass is 10.1. The zero-order chi connectivity index (χ0) is 19.3. The zero-order valence-electron chi connectivity index (χ0n) is 15.2. The van der Waals surface area contributed by atoms with Crippen molar-refractivity contribution in [2.45, 2.75) is 19.3 Å². The second-order valence-corrected chi connectivity index (χ2v) is 6.59. The molecule has 6 nitrogen and oxygen atoms in total. The molecular weight excluding hydrogens is 362 g/mol. The topological polar surface area (TPSA) is 66.0 Å². The smallest absolute Gasteiger partial charge is 0.233 e. The normalized spacial score (nSPS) is 14.0. The number of hydrogen-bond acceptors (Lipinski definition) is 6. The fraction of sp³-hybridized carbons (Fsp3) is 0.250. The maximum Gasteiger partial charge on any atom is 0.233 e. The summed E-state index contributed by atoms with van der Waals surface area (Å²) in [5.41, 5.74) is 1.34. The van der Waals surface area contributed by atoms with Gasteiger partial charge < -0.3 is 15.5 Å². The first-order chi connectivity index (χ1) is 13.7. The van der Waals surface area contributed by atoms with Crippen LogP contribution in [0.2, 0.25) is 0 Å². The minimum Gasteiger partial charge on any atom is -0.341 e. The van der Waals surface area contributed by atoms with Crippen molar-refractivity contribution in [3.05, 3.63) is 60.2 Å². The Kier molecular flexibility index (Phi) is 5.27. The largest absolute Gasteiger partial charge is 0.341 e. The van der Waals surface area contributed by atoms with E-state index in [2.05, 4.69) is 30.5 Å². The van der Waals surface area contributed by atoms with Crippen LogP contribution in [0, 0.1) is 11.6 Å². The van der Waals surface area contributed by atoms with E-state index in [4.69, 9.17) is 0 Å². The predicted molar refractivity (Wildman–Crippen MR) is 105 cm³/mol. The van der Waals surface area contributed by atoms with Gasteiger partial charge in [0.15, 0.2) is 0 Å². The maximum absolute atomic E-state index is 13.2. The SMILES string of the molecule is Fc1ccc(Nc2nc(Nc3ccc(F)cc3)nc(N3CCCCC3)n2)cc1. The van der Waals surface area contributed by atoms with Gasteiger partial charge in [-0.25, -0.2) is 8.78 Å². The molecule has 2 N–H and O–H groups in total. The molecule has 1 aromatic heterocycles. The standard InChI is InChI=1S/C20H20F2N6/c21-14-4-8-16(9-5-14)23-18-25-19(24-17-10-6-15(22)7-11-17)27-20(26-18)28-12-2-1-3-13-28/h4-11H,1-3,12-13H2,(H2,23,24,25,26,27). The van der Waals surface area contributed by atoms with Gasteiger partial charge in [0.05, 0.1) is 0 Å². The molecule has 0 aliphatic carbocycles. The van der Waals surface area contributed by atoms with Crippen LogP contribution in [0.25, 0.3) is 0 Å². The van der Waals surface area contributed by atoms with Crippen LogP contribution in [-0.2, 0) is 0 Å². The van der Waals surface area contributed by atoms with Crippen LogP contribution < -0.4 is 15.5 Å². The van der Waals surface area contributed by atoms with Crippen LogP contribution in [-0.4, -0.2) is 28.0 Å². The maximum atomic E-state index is 13.2. The molecule has 1 aliphatic heterocycles. The second-order valence-electron chi connectivity index (χ2n) is 6.59. The highest BCUT2D eigenvalue weighted by Gasteiger charge is 2.16. The fourth-order valence-electron chi connectivity index (χ4n) is 3.04. The summed E-state index contributed by atoms with van der Waals surface area (Å²) in [4.78, 5) is 15.6. The highest BCUT2D eigenvalue weighted by atomic mass is 19.1. The van der Waals surface area contributed by atoms with Gasteiger partial charge in [-0.1, -0.05) is 0 Å². The van der Waals surface area contributed by atoms with Crippen molar-refractivity contribution in [2.75, 3.05) is 28.6 Å². The summed E-state index contributed by atoms with van der Waals surface area (Å²) in [6, 6.07) is 11.9. The van der Waals surface area contributed by atoms with E-state index in [1.54, 1.807) is 24.3 Å². The van der Waals surface area contributed by atoms with Gasteiger partial charge in [-0.2, -0.15) is 15.0 Å². The number of rotatable bonds is 5. The molecule has 8 heteroatoms. The van der Waals surface area contributed by atoms with E-state index in [-0.39, 0.29) is 11.6 Å². The number of anilines is 5. The Balaban J connectivity index is 1.63. The monoisotopic (exact) mass is 382 g/mol. The highest BCUT2D eigenvalue weighted by molar-refractivity contribution is 5.59. The minimum atomic E-state index is -0.311. The van der Waals surface area contributed by atoms with E-state index in [0.717, 1.165) is 25.9 Å². The molecule has 0 atom stereocenters. The third-order valence-electron chi connectivity index (χ3n) is 4.46. The summed E-state index contributed by atoms with van der Waals surface area (Å²) in [5, 5.41) is 6.18. The number of nitrogens with one attached hydrogen (secondary N) is 2. The molecule has 2 heterocycles. The third kappa shape index (κ3) is 4.51. The Morgan fingerprint density at radius 1 is 0.643 bits per heavy atom. The molecule has 2 aromatic carbocycles. The van der Waals surface area contributed by atoms with Crippen molar-refractivity contribution in [1.82, 2.24) is 15.0 Å². The van der Waals surface area contributed by atoms with Gasteiger partial charge in [-0.3, -0.25) is 0 Å². The average Bonchev–Trinajstić information content (AvgIpc) is 2.72. The number of hydrogen-bond donors (Lipinski definition) is 2. The van der Waals surface area contributed by atoms with Crippen LogP contribution in [0.1, 0.15) is 19.3 Å². The first-order valence-electron chi connectivity index (χ1n) is 9.22. The molecule has 0 amide bonds. The van der Waals surface area contributed by atoms with Crippen molar-refractivity contribution in [2.24, 2.45) is 0 Å². The second kappa shape index (κ2) is 8.16. The number of piperidine rings is 1. The van der Waals surface area contributed by atoms with Gasteiger partial charge in [0, 0.05) is 24.5 Å². The van der Waals surface area contributed by atoms with E-state index in [1.807, 2.05) is 0 Å². The molecule has 0 saturated carbocycles. The van der Waals surface area contributed by atoms with Crippen LogP contribution >= 0.6 is 0 Å². The van der Waals surface area contributed by atoms with Gasteiger partial charge >= 0.3 is 0 Å². The zero-order valence-corrected chi connectivity index (χ0v) is 15.2.